The van der Waals surface area contributed by atoms with Crippen molar-refractivity contribution in [1.29, 1.82) is 0 Å². The SMILES string of the molecule is COc1cc2c(cc1Cl)CCN1CC(c3cc(C)ccc3C)C(N)CC21. The first kappa shape index (κ1) is 17.8. The van der Waals surface area contributed by atoms with Gasteiger partial charge in [-0.15, -0.1) is 0 Å². The molecule has 2 aliphatic rings. The molecule has 4 rings (SSSR count). The molecule has 4 heteroatoms. The van der Waals surface area contributed by atoms with Gasteiger partial charge in [-0.1, -0.05) is 35.4 Å². The molecule has 0 amide bonds. The van der Waals surface area contributed by atoms with Crippen molar-refractivity contribution in [3.63, 3.8) is 0 Å². The smallest absolute Gasteiger partial charge is 0.137 e. The second kappa shape index (κ2) is 6.88. The fourth-order valence-electron chi connectivity index (χ4n) is 4.70. The van der Waals surface area contributed by atoms with Gasteiger partial charge in [0.2, 0.25) is 0 Å². The van der Waals surface area contributed by atoms with Crippen LogP contribution in [0.25, 0.3) is 0 Å². The number of nitrogens with two attached hydrogens (primary N) is 1. The molecule has 26 heavy (non-hydrogen) atoms. The van der Waals surface area contributed by atoms with E-state index in [0.29, 0.717) is 17.0 Å². The van der Waals surface area contributed by atoms with Gasteiger partial charge in [-0.05, 0) is 61.1 Å². The van der Waals surface area contributed by atoms with Gasteiger partial charge in [-0.25, -0.2) is 0 Å². The molecule has 3 nitrogen and oxygen atoms in total. The highest BCUT2D eigenvalue weighted by molar-refractivity contribution is 6.32. The van der Waals surface area contributed by atoms with Crippen LogP contribution in [0.3, 0.4) is 0 Å². The summed E-state index contributed by atoms with van der Waals surface area (Å²) in [6, 6.07) is 11.5. The second-order valence-electron chi connectivity index (χ2n) is 7.81. The zero-order valence-corrected chi connectivity index (χ0v) is 16.5. The van der Waals surface area contributed by atoms with Crippen molar-refractivity contribution in [1.82, 2.24) is 4.90 Å². The molecule has 0 spiro atoms. The molecule has 1 saturated heterocycles. The van der Waals surface area contributed by atoms with Crippen molar-refractivity contribution >= 4 is 11.6 Å². The van der Waals surface area contributed by atoms with Gasteiger partial charge in [0.25, 0.3) is 0 Å². The molecular formula is C22H27ClN2O. The van der Waals surface area contributed by atoms with Crippen molar-refractivity contribution in [2.24, 2.45) is 5.73 Å². The first-order chi connectivity index (χ1) is 12.5. The molecule has 0 aromatic heterocycles. The molecule has 138 valence electrons. The van der Waals surface area contributed by atoms with Crippen molar-refractivity contribution in [2.45, 2.75) is 44.7 Å². The van der Waals surface area contributed by atoms with Crippen LogP contribution in [0.5, 0.6) is 5.75 Å². The van der Waals surface area contributed by atoms with E-state index in [4.69, 9.17) is 22.1 Å². The molecule has 0 aliphatic carbocycles. The van der Waals surface area contributed by atoms with Gasteiger partial charge in [0.15, 0.2) is 0 Å². The van der Waals surface area contributed by atoms with E-state index in [1.807, 2.05) is 0 Å². The zero-order chi connectivity index (χ0) is 18.4. The number of nitrogens with zero attached hydrogens (tertiary/aromatic N) is 1. The summed E-state index contributed by atoms with van der Waals surface area (Å²) >= 11 is 6.34. The maximum absolute atomic E-state index is 6.71. The lowest BCUT2D eigenvalue weighted by molar-refractivity contribution is 0.109. The van der Waals surface area contributed by atoms with Gasteiger partial charge in [-0.3, -0.25) is 4.90 Å². The second-order valence-corrected chi connectivity index (χ2v) is 8.22. The predicted octanol–water partition coefficient (Wildman–Crippen LogP) is 4.38. The Morgan fingerprint density at radius 2 is 1.96 bits per heavy atom. The molecule has 2 aromatic rings. The molecular weight excluding hydrogens is 344 g/mol. The molecule has 2 N–H and O–H groups in total. The lowest BCUT2D eigenvalue weighted by Gasteiger charge is -2.46. The van der Waals surface area contributed by atoms with Gasteiger partial charge in [-0.2, -0.15) is 0 Å². The van der Waals surface area contributed by atoms with E-state index >= 15 is 0 Å². The maximum Gasteiger partial charge on any atom is 0.137 e. The Hall–Kier alpha value is -1.55. The van der Waals surface area contributed by atoms with Crippen LogP contribution in [-0.2, 0) is 6.42 Å². The van der Waals surface area contributed by atoms with E-state index in [1.54, 1.807) is 7.11 Å². The Morgan fingerprint density at radius 1 is 1.15 bits per heavy atom. The van der Waals surface area contributed by atoms with Gasteiger partial charge >= 0.3 is 0 Å². The number of ether oxygens (including phenoxy) is 1. The van der Waals surface area contributed by atoms with Crippen molar-refractivity contribution < 1.29 is 4.74 Å². The molecule has 1 fully saturated rings. The highest BCUT2D eigenvalue weighted by Crippen LogP contribution is 2.43. The molecule has 2 aliphatic heterocycles. The molecule has 3 atom stereocenters. The van der Waals surface area contributed by atoms with Crippen LogP contribution in [0.2, 0.25) is 5.02 Å². The molecule has 0 bridgehead atoms. The Morgan fingerprint density at radius 3 is 2.73 bits per heavy atom. The maximum atomic E-state index is 6.71. The fraction of sp³-hybridized carbons (Fsp3) is 0.455. The van der Waals surface area contributed by atoms with Crippen molar-refractivity contribution in [3.8, 4) is 5.75 Å². The van der Waals surface area contributed by atoms with E-state index in [1.165, 1.54) is 27.8 Å². The number of benzene rings is 2. The summed E-state index contributed by atoms with van der Waals surface area (Å²) in [6.45, 7) is 6.44. The topological polar surface area (TPSA) is 38.5 Å². The predicted molar refractivity (Wildman–Crippen MR) is 107 cm³/mol. The van der Waals surface area contributed by atoms with E-state index in [9.17, 15) is 0 Å². The van der Waals surface area contributed by atoms with Crippen LogP contribution in [0.15, 0.2) is 30.3 Å². The molecule has 2 aromatic carbocycles. The zero-order valence-electron chi connectivity index (χ0n) is 15.8. The third-order valence-corrected chi connectivity index (χ3v) is 6.45. The number of hydrogen-bond donors (Lipinski definition) is 1. The normalized spacial score (nSPS) is 25.5. The Balaban J connectivity index is 1.66. The molecule has 0 saturated carbocycles. The Bertz CT molecular complexity index is 835. The highest BCUT2D eigenvalue weighted by Gasteiger charge is 2.38. The number of aryl methyl sites for hydroxylation is 2. The Labute approximate surface area is 161 Å². The first-order valence-electron chi connectivity index (χ1n) is 9.41. The van der Waals surface area contributed by atoms with Crippen LogP contribution in [0.1, 0.15) is 46.2 Å². The summed E-state index contributed by atoms with van der Waals surface area (Å²) in [6.07, 6.45) is 2.00. The summed E-state index contributed by atoms with van der Waals surface area (Å²) in [5, 5.41) is 0.702. The monoisotopic (exact) mass is 370 g/mol. The first-order valence-corrected chi connectivity index (χ1v) is 9.79. The summed E-state index contributed by atoms with van der Waals surface area (Å²) in [5.41, 5.74) is 13.5. The lowest BCUT2D eigenvalue weighted by atomic mass is 9.77. The van der Waals surface area contributed by atoms with Crippen LogP contribution < -0.4 is 10.5 Å². The number of methoxy groups -OCH3 is 1. The number of rotatable bonds is 2. The van der Waals surface area contributed by atoms with Crippen LogP contribution in [0.4, 0.5) is 0 Å². The third kappa shape index (κ3) is 3.02. The highest BCUT2D eigenvalue weighted by atomic mass is 35.5. The third-order valence-electron chi connectivity index (χ3n) is 6.16. The fourth-order valence-corrected chi connectivity index (χ4v) is 4.97. The van der Waals surface area contributed by atoms with E-state index in [2.05, 4.69) is 49.1 Å². The number of hydrogen-bond acceptors (Lipinski definition) is 3. The molecule has 3 unspecified atom stereocenters. The Kier molecular flexibility index (Phi) is 4.72. The summed E-state index contributed by atoms with van der Waals surface area (Å²) < 4.78 is 5.46. The minimum Gasteiger partial charge on any atom is -0.495 e. The van der Waals surface area contributed by atoms with E-state index in [0.717, 1.165) is 31.7 Å². The lowest BCUT2D eigenvalue weighted by Crippen LogP contribution is -2.49. The summed E-state index contributed by atoms with van der Waals surface area (Å²) in [5.74, 6) is 1.15. The van der Waals surface area contributed by atoms with Crippen LogP contribution >= 0.6 is 11.6 Å². The number of halogens is 1. The summed E-state index contributed by atoms with van der Waals surface area (Å²) in [4.78, 5) is 2.60. The molecule has 2 heterocycles. The minimum absolute atomic E-state index is 0.157. The van der Waals surface area contributed by atoms with Gasteiger partial charge in [0.05, 0.1) is 12.1 Å². The largest absolute Gasteiger partial charge is 0.495 e. The number of piperidine rings is 1. The standard InChI is InChI=1S/C22H27ClN2O/c1-13-4-5-14(2)16(8-13)18-12-25-7-6-15-9-19(23)22(26-3)10-17(15)21(25)11-20(18)24/h4-5,8-10,18,20-21H,6-7,11-12,24H2,1-3H3. The van der Waals surface area contributed by atoms with Crippen LogP contribution in [0, 0.1) is 13.8 Å². The van der Waals surface area contributed by atoms with Crippen molar-refractivity contribution in [2.75, 3.05) is 20.2 Å². The van der Waals surface area contributed by atoms with Gasteiger partial charge < -0.3 is 10.5 Å². The summed E-state index contributed by atoms with van der Waals surface area (Å²) in [7, 11) is 1.68. The van der Waals surface area contributed by atoms with E-state index < -0.39 is 0 Å². The molecule has 0 radical (unpaired) electrons. The quantitative estimate of drug-likeness (QED) is 0.852. The number of fused-ring (bicyclic) bond motifs is 3. The average molecular weight is 371 g/mol. The van der Waals surface area contributed by atoms with Crippen molar-refractivity contribution in [3.05, 3.63) is 63.2 Å². The average Bonchev–Trinajstić information content (AvgIpc) is 2.62. The minimum atomic E-state index is 0.157. The van der Waals surface area contributed by atoms with Crippen LogP contribution in [-0.4, -0.2) is 31.1 Å². The van der Waals surface area contributed by atoms with E-state index in [-0.39, 0.29) is 6.04 Å². The van der Waals surface area contributed by atoms with Gasteiger partial charge in [0.1, 0.15) is 5.75 Å². The van der Waals surface area contributed by atoms with Gasteiger partial charge in [0, 0.05) is 31.1 Å².